The maximum atomic E-state index is 11.1. The fourth-order valence-corrected chi connectivity index (χ4v) is 0.956. The summed E-state index contributed by atoms with van der Waals surface area (Å²) >= 11 is 3.03. The summed E-state index contributed by atoms with van der Waals surface area (Å²) in [4.78, 5) is 17.8. The molecule has 0 aliphatic rings. The van der Waals surface area contributed by atoms with Crippen LogP contribution in [0.25, 0.3) is 0 Å². The van der Waals surface area contributed by atoms with Gasteiger partial charge in [-0.25, -0.2) is 4.98 Å². The van der Waals surface area contributed by atoms with E-state index in [0.717, 1.165) is 0 Å². The van der Waals surface area contributed by atoms with Gasteiger partial charge in [0.25, 0.3) is 5.56 Å². The van der Waals surface area contributed by atoms with Crippen molar-refractivity contribution in [3.05, 3.63) is 20.7 Å². The van der Waals surface area contributed by atoms with Gasteiger partial charge >= 0.3 is 0 Å². The van der Waals surface area contributed by atoms with Crippen molar-refractivity contribution in [3.8, 4) is 0 Å². The summed E-state index contributed by atoms with van der Waals surface area (Å²) in [5.41, 5.74) is 5.25. The van der Waals surface area contributed by atoms with E-state index in [-0.39, 0.29) is 17.3 Å². The van der Waals surface area contributed by atoms with Crippen LogP contribution >= 0.6 is 15.9 Å². The second-order valence-electron chi connectivity index (χ2n) is 2.81. The van der Waals surface area contributed by atoms with E-state index in [1.807, 2.05) is 13.8 Å². The van der Waals surface area contributed by atoms with E-state index in [1.165, 1.54) is 0 Å². The summed E-state index contributed by atoms with van der Waals surface area (Å²) in [6, 6.07) is 0. The Morgan fingerprint density at radius 1 is 1.58 bits per heavy atom. The van der Waals surface area contributed by atoms with Gasteiger partial charge in [0.05, 0.1) is 0 Å². The zero-order chi connectivity index (χ0) is 9.30. The van der Waals surface area contributed by atoms with Gasteiger partial charge in [-0.1, -0.05) is 13.8 Å². The van der Waals surface area contributed by atoms with E-state index in [9.17, 15) is 4.79 Å². The first kappa shape index (κ1) is 9.25. The Labute approximate surface area is 78.3 Å². The van der Waals surface area contributed by atoms with Gasteiger partial charge in [0.1, 0.15) is 16.1 Å². The van der Waals surface area contributed by atoms with Crippen LogP contribution in [-0.4, -0.2) is 9.97 Å². The maximum Gasteiger partial charge on any atom is 0.267 e. The number of rotatable bonds is 1. The van der Waals surface area contributed by atoms with E-state index in [4.69, 9.17) is 5.73 Å². The van der Waals surface area contributed by atoms with Crippen LogP contribution in [0.15, 0.2) is 9.27 Å². The molecule has 0 aliphatic heterocycles. The first-order chi connectivity index (χ1) is 5.52. The first-order valence-corrected chi connectivity index (χ1v) is 4.37. The van der Waals surface area contributed by atoms with Gasteiger partial charge in [-0.05, 0) is 15.9 Å². The minimum atomic E-state index is -0.230. The SMILES string of the molecule is CC(C)c1nc(N)c(Br)c(=O)[nH]1. The van der Waals surface area contributed by atoms with Gasteiger partial charge in [0.15, 0.2) is 0 Å². The van der Waals surface area contributed by atoms with Crippen LogP contribution in [0.2, 0.25) is 0 Å². The molecule has 0 saturated carbocycles. The van der Waals surface area contributed by atoms with Crippen molar-refractivity contribution < 1.29 is 0 Å². The number of hydrogen-bond donors (Lipinski definition) is 2. The van der Waals surface area contributed by atoms with Gasteiger partial charge in [-0.15, -0.1) is 0 Å². The van der Waals surface area contributed by atoms with E-state index in [2.05, 4.69) is 25.9 Å². The Hall–Kier alpha value is -0.840. The zero-order valence-corrected chi connectivity index (χ0v) is 8.47. The normalized spacial score (nSPS) is 10.7. The highest BCUT2D eigenvalue weighted by molar-refractivity contribution is 9.10. The Morgan fingerprint density at radius 3 is 2.58 bits per heavy atom. The van der Waals surface area contributed by atoms with Crippen molar-refractivity contribution in [3.63, 3.8) is 0 Å². The lowest BCUT2D eigenvalue weighted by atomic mass is 10.2. The fraction of sp³-hybridized carbons (Fsp3) is 0.429. The molecular formula is C7H10BrN3O. The summed E-state index contributed by atoms with van der Waals surface area (Å²) in [5, 5.41) is 0. The standard InChI is InChI=1S/C7H10BrN3O/c1-3(2)6-10-5(9)4(8)7(12)11-6/h3H,1-2H3,(H3,9,10,11,12). The average Bonchev–Trinajstić information content (AvgIpc) is 1.99. The van der Waals surface area contributed by atoms with E-state index >= 15 is 0 Å². The van der Waals surface area contributed by atoms with Crippen LogP contribution in [-0.2, 0) is 0 Å². The third-order valence-electron chi connectivity index (χ3n) is 1.45. The van der Waals surface area contributed by atoms with Gasteiger partial charge in [0, 0.05) is 5.92 Å². The molecule has 1 aromatic rings. The molecule has 4 nitrogen and oxygen atoms in total. The average molecular weight is 232 g/mol. The largest absolute Gasteiger partial charge is 0.383 e. The molecule has 5 heteroatoms. The topological polar surface area (TPSA) is 71.8 Å². The molecule has 0 spiro atoms. The summed E-state index contributed by atoms with van der Waals surface area (Å²) in [7, 11) is 0. The molecule has 0 atom stereocenters. The highest BCUT2D eigenvalue weighted by Crippen LogP contribution is 2.13. The quantitative estimate of drug-likeness (QED) is 0.765. The lowest BCUT2D eigenvalue weighted by Gasteiger charge is -2.04. The third kappa shape index (κ3) is 1.66. The number of nitrogens with zero attached hydrogens (tertiary/aromatic N) is 1. The first-order valence-electron chi connectivity index (χ1n) is 3.57. The molecular weight excluding hydrogens is 222 g/mol. The second-order valence-corrected chi connectivity index (χ2v) is 3.60. The predicted molar refractivity (Wildman–Crippen MR) is 51.1 cm³/mol. The van der Waals surface area contributed by atoms with Gasteiger partial charge in [0.2, 0.25) is 0 Å². The van der Waals surface area contributed by atoms with Gasteiger partial charge < -0.3 is 10.7 Å². The minimum absolute atomic E-state index is 0.174. The molecule has 0 radical (unpaired) electrons. The Bertz CT molecular complexity index is 345. The number of nitrogens with one attached hydrogen (secondary N) is 1. The summed E-state index contributed by atoms with van der Waals surface area (Å²) in [5.74, 6) is 1.02. The number of aromatic amines is 1. The molecule has 12 heavy (non-hydrogen) atoms. The van der Waals surface area contributed by atoms with Crippen LogP contribution in [0.1, 0.15) is 25.6 Å². The van der Waals surface area contributed by atoms with Crippen molar-refractivity contribution in [1.82, 2.24) is 9.97 Å². The Kier molecular flexibility index (Phi) is 2.52. The molecule has 0 aromatic carbocycles. The number of nitrogens with two attached hydrogens (primary N) is 1. The molecule has 1 rings (SSSR count). The summed E-state index contributed by atoms with van der Waals surface area (Å²) in [6.45, 7) is 3.87. The van der Waals surface area contributed by atoms with Crippen molar-refractivity contribution in [2.45, 2.75) is 19.8 Å². The number of aromatic nitrogens is 2. The van der Waals surface area contributed by atoms with Gasteiger partial charge in [-0.3, -0.25) is 4.79 Å². The van der Waals surface area contributed by atoms with Crippen molar-refractivity contribution in [2.24, 2.45) is 0 Å². The third-order valence-corrected chi connectivity index (χ3v) is 2.22. The number of anilines is 1. The summed E-state index contributed by atoms with van der Waals surface area (Å²) in [6.07, 6.45) is 0. The van der Waals surface area contributed by atoms with Crippen LogP contribution < -0.4 is 11.3 Å². The molecule has 1 heterocycles. The molecule has 1 aromatic heterocycles. The molecule has 3 N–H and O–H groups in total. The Morgan fingerprint density at radius 2 is 2.17 bits per heavy atom. The smallest absolute Gasteiger partial charge is 0.267 e. The minimum Gasteiger partial charge on any atom is -0.383 e. The van der Waals surface area contributed by atoms with E-state index < -0.39 is 0 Å². The summed E-state index contributed by atoms with van der Waals surface area (Å²) < 4.78 is 0.298. The number of nitrogen functional groups attached to an aromatic ring is 1. The van der Waals surface area contributed by atoms with E-state index in [0.29, 0.717) is 10.3 Å². The predicted octanol–water partition coefficient (Wildman–Crippen LogP) is 1.24. The monoisotopic (exact) mass is 231 g/mol. The second kappa shape index (κ2) is 3.26. The van der Waals surface area contributed by atoms with Crippen LogP contribution in [0.4, 0.5) is 5.82 Å². The lowest BCUT2D eigenvalue weighted by molar-refractivity contribution is 0.767. The zero-order valence-electron chi connectivity index (χ0n) is 6.89. The number of H-pyrrole nitrogens is 1. The van der Waals surface area contributed by atoms with Crippen LogP contribution in [0.5, 0.6) is 0 Å². The molecule has 0 fully saturated rings. The van der Waals surface area contributed by atoms with E-state index in [1.54, 1.807) is 0 Å². The molecule has 0 saturated heterocycles. The number of halogens is 1. The molecule has 0 amide bonds. The number of hydrogen-bond acceptors (Lipinski definition) is 3. The van der Waals surface area contributed by atoms with Crippen LogP contribution in [0.3, 0.4) is 0 Å². The van der Waals surface area contributed by atoms with Gasteiger partial charge in [-0.2, -0.15) is 0 Å². The Balaban J connectivity index is 3.31. The highest BCUT2D eigenvalue weighted by Gasteiger charge is 2.07. The van der Waals surface area contributed by atoms with Crippen molar-refractivity contribution in [1.29, 1.82) is 0 Å². The molecule has 66 valence electrons. The highest BCUT2D eigenvalue weighted by atomic mass is 79.9. The van der Waals surface area contributed by atoms with Crippen molar-refractivity contribution >= 4 is 21.7 Å². The maximum absolute atomic E-state index is 11.1. The lowest BCUT2D eigenvalue weighted by Crippen LogP contribution is -2.15. The molecule has 0 aliphatic carbocycles. The molecule has 0 unspecified atom stereocenters. The molecule has 0 bridgehead atoms. The van der Waals surface area contributed by atoms with Crippen LogP contribution in [0, 0.1) is 0 Å². The van der Waals surface area contributed by atoms with Crippen molar-refractivity contribution in [2.75, 3.05) is 5.73 Å². The fourth-order valence-electron chi connectivity index (χ4n) is 0.768.